The van der Waals surface area contributed by atoms with E-state index in [2.05, 4.69) is 6.92 Å². The predicted octanol–water partition coefficient (Wildman–Crippen LogP) is 3.73. The van der Waals surface area contributed by atoms with Crippen molar-refractivity contribution in [3.63, 3.8) is 0 Å². The summed E-state index contributed by atoms with van der Waals surface area (Å²) in [5.74, 6) is 2.42. The van der Waals surface area contributed by atoms with E-state index < -0.39 is 0 Å². The minimum Gasteiger partial charge on any atom is -0.493 e. The average molecular weight is 257 g/mol. The van der Waals surface area contributed by atoms with Crippen molar-refractivity contribution in [3.05, 3.63) is 54.1 Å². The monoisotopic (exact) mass is 257 g/mol. The van der Waals surface area contributed by atoms with Gasteiger partial charge in [0.1, 0.15) is 17.2 Å². The minimum atomic E-state index is 0.436. The highest BCUT2D eigenvalue weighted by Crippen LogP contribution is 2.27. The van der Waals surface area contributed by atoms with Crippen LogP contribution in [0.1, 0.15) is 18.9 Å². The Morgan fingerprint density at radius 2 is 1.79 bits per heavy atom. The summed E-state index contributed by atoms with van der Waals surface area (Å²) >= 11 is 0. The molecule has 0 aliphatic carbocycles. The van der Waals surface area contributed by atoms with E-state index in [1.807, 2.05) is 48.5 Å². The maximum absolute atomic E-state index is 5.77. The van der Waals surface area contributed by atoms with Crippen LogP contribution in [0, 0.1) is 0 Å². The third-order valence-corrected chi connectivity index (χ3v) is 2.69. The SMILES string of the molecule is CCCOc1ccc(Oc2ccccc2)cc1CN. The van der Waals surface area contributed by atoms with Crippen molar-refractivity contribution in [2.45, 2.75) is 19.9 Å². The summed E-state index contributed by atoms with van der Waals surface area (Å²) in [7, 11) is 0. The molecule has 0 saturated carbocycles. The highest BCUT2D eigenvalue weighted by Gasteiger charge is 2.05. The molecule has 0 radical (unpaired) electrons. The van der Waals surface area contributed by atoms with Crippen LogP contribution in [0.15, 0.2) is 48.5 Å². The van der Waals surface area contributed by atoms with Crippen molar-refractivity contribution in [1.82, 2.24) is 0 Å². The number of para-hydroxylation sites is 1. The fraction of sp³-hybridized carbons (Fsp3) is 0.250. The Bertz CT molecular complexity index is 511. The van der Waals surface area contributed by atoms with Gasteiger partial charge >= 0.3 is 0 Å². The lowest BCUT2D eigenvalue weighted by molar-refractivity contribution is 0.313. The third kappa shape index (κ3) is 3.73. The van der Waals surface area contributed by atoms with Gasteiger partial charge in [-0.2, -0.15) is 0 Å². The maximum atomic E-state index is 5.77. The van der Waals surface area contributed by atoms with Gasteiger partial charge in [-0.15, -0.1) is 0 Å². The summed E-state index contributed by atoms with van der Waals surface area (Å²) in [6.07, 6.45) is 0.978. The predicted molar refractivity (Wildman–Crippen MR) is 76.6 cm³/mol. The Kier molecular flexibility index (Phi) is 4.81. The van der Waals surface area contributed by atoms with Crippen LogP contribution in [0.3, 0.4) is 0 Å². The van der Waals surface area contributed by atoms with Crippen LogP contribution in [0.2, 0.25) is 0 Å². The van der Waals surface area contributed by atoms with Crippen LogP contribution in [-0.4, -0.2) is 6.61 Å². The van der Waals surface area contributed by atoms with Crippen LogP contribution in [-0.2, 0) is 6.54 Å². The van der Waals surface area contributed by atoms with Gasteiger partial charge in [0.2, 0.25) is 0 Å². The lowest BCUT2D eigenvalue weighted by atomic mass is 10.2. The molecule has 100 valence electrons. The first-order valence-corrected chi connectivity index (χ1v) is 6.52. The first-order valence-electron chi connectivity index (χ1n) is 6.52. The van der Waals surface area contributed by atoms with Crippen molar-refractivity contribution >= 4 is 0 Å². The molecule has 3 nitrogen and oxygen atoms in total. The molecular weight excluding hydrogens is 238 g/mol. The number of hydrogen-bond donors (Lipinski definition) is 1. The van der Waals surface area contributed by atoms with Crippen LogP contribution >= 0.6 is 0 Å². The molecule has 19 heavy (non-hydrogen) atoms. The average Bonchev–Trinajstić information content (AvgIpc) is 2.47. The van der Waals surface area contributed by atoms with Crippen LogP contribution in [0.25, 0.3) is 0 Å². The summed E-state index contributed by atoms with van der Waals surface area (Å²) in [5.41, 5.74) is 6.71. The summed E-state index contributed by atoms with van der Waals surface area (Å²) < 4.78 is 11.4. The smallest absolute Gasteiger partial charge is 0.128 e. The molecule has 0 aromatic heterocycles. The van der Waals surface area contributed by atoms with E-state index in [1.165, 1.54) is 0 Å². The van der Waals surface area contributed by atoms with E-state index >= 15 is 0 Å². The Morgan fingerprint density at radius 1 is 1.00 bits per heavy atom. The molecule has 0 aliphatic heterocycles. The maximum Gasteiger partial charge on any atom is 0.128 e. The van der Waals surface area contributed by atoms with E-state index in [-0.39, 0.29) is 0 Å². The van der Waals surface area contributed by atoms with E-state index in [1.54, 1.807) is 0 Å². The Balaban J connectivity index is 2.14. The zero-order chi connectivity index (χ0) is 13.5. The molecule has 0 amide bonds. The largest absolute Gasteiger partial charge is 0.493 e. The summed E-state index contributed by atoms with van der Waals surface area (Å²) in [5, 5.41) is 0. The van der Waals surface area contributed by atoms with Crippen LogP contribution in [0.4, 0.5) is 0 Å². The fourth-order valence-corrected chi connectivity index (χ4v) is 1.76. The molecule has 0 heterocycles. The first kappa shape index (κ1) is 13.4. The molecule has 0 aliphatic rings. The van der Waals surface area contributed by atoms with E-state index in [9.17, 15) is 0 Å². The number of hydrogen-bond acceptors (Lipinski definition) is 3. The molecular formula is C16H19NO2. The van der Waals surface area contributed by atoms with E-state index in [0.717, 1.165) is 29.2 Å². The van der Waals surface area contributed by atoms with Gasteiger partial charge < -0.3 is 15.2 Å². The van der Waals surface area contributed by atoms with Crippen molar-refractivity contribution in [3.8, 4) is 17.2 Å². The molecule has 2 rings (SSSR count). The van der Waals surface area contributed by atoms with E-state index in [4.69, 9.17) is 15.2 Å². The van der Waals surface area contributed by atoms with Gasteiger partial charge in [-0.1, -0.05) is 25.1 Å². The molecule has 3 heteroatoms. The summed E-state index contributed by atoms with van der Waals surface area (Å²) in [6, 6.07) is 15.4. The normalized spacial score (nSPS) is 10.2. The number of rotatable bonds is 6. The summed E-state index contributed by atoms with van der Waals surface area (Å²) in [6.45, 7) is 3.21. The zero-order valence-electron chi connectivity index (χ0n) is 11.1. The Morgan fingerprint density at radius 3 is 2.47 bits per heavy atom. The molecule has 0 atom stereocenters. The fourth-order valence-electron chi connectivity index (χ4n) is 1.76. The topological polar surface area (TPSA) is 44.5 Å². The standard InChI is InChI=1S/C16H19NO2/c1-2-10-18-16-9-8-15(11-13(16)12-17)19-14-6-4-3-5-7-14/h3-9,11H,2,10,12,17H2,1H3. The lowest BCUT2D eigenvalue weighted by Gasteiger charge is -2.12. The Hall–Kier alpha value is -2.00. The van der Waals surface area contributed by atoms with Gasteiger partial charge in [-0.05, 0) is 36.8 Å². The first-order chi connectivity index (χ1) is 9.33. The van der Waals surface area contributed by atoms with Gasteiger partial charge in [-0.3, -0.25) is 0 Å². The molecule has 2 N–H and O–H groups in total. The number of ether oxygens (including phenoxy) is 2. The summed E-state index contributed by atoms with van der Waals surface area (Å²) in [4.78, 5) is 0. The van der Waals surface area contributed by atoms with Gasteiger partial charge in [0, 0.05) is 12.1 Å². The number of benzene rings is 2. The van der Waals surface area contributed by atoms with Crippen molar-refractivity contribution < 1.29 is 9.47 Å². The second-order valence-corrected chi connectivity index (χ2v) is 4.24. The van der Waals surface area contributed by atoms with Gasteiger partial charge in [0.05, 0.1) is 6.61 Å². The lowest BCUT2D eigenvalue weighted by Crippen LogP contribution is -2.03. The van der Waals surface area contributed by atoms with Crippen LogP contribution in [0.5, 0.6) is 17.2 Å². The zero-order valence-corrected chi connectivity index (χ0v) is 11.1. The quantitative estimate of drug-likeness (QED) is 0.857. The molecule has 0 bridgehead atoms. The molecule has 0 unspecified atom stereocenters. The highest BCUT2D eigenvalue weighted by molar-refractivity contribution is 5.42. The molecule has 0 fully saturated rings. The van der Waals surface area contributed by atoms with Gasteiger partial charge in [0.25, 0.3) is 0 Å². The minimum absolute atomic E-state index is 0.436. The third-order valence-electron chi connectivity index (χ3n) is 2.69. The van der Waals surface area contributed by atoms with Gasteiger partial charge in [0.15, 0.2) is 0 Å². The number of nitrogens with two attached hydrogens (primary N) is 1. The van der Waals surface area contributed by atoms with Crippen molar-refractivity contribution in [2.24, 2.45) is 5.73 Å². The van der Waals surface area contributed by atoms with E-state index in [0.29, 0.717) is 13.2 Å². The molecule has 2 aromatic carbocycles. The van der Waals surface area contributed by atoms with Crippen LogP contribution < -0.4 is 15.2 Å². The van der Waals surface area contributed by atoms with Crippen molar-refractivity contribution in [1.29, 1.82) is 0 Å². The second-order valence-electron chi connectivity index (χ2n) is 4.24. The molecule has 2 aromatic rings. The highest BCUT2D eigenvalue weighted by atomic mass is 16.5. The Labute approximate surface area is 114 Å². The molecule has 0 spiro atoms. The second kappa shape index (κ2) is 6.81. The van der Waals surface area contributed by atoms with Crippen molar-refractivity contribution in [2.75, 3.05) is 6.61 Å². The van der Waals surface area contributed by atoms with Gasteiger partial charge in [-0.25, -0.2) is 0 Å². The molecule has 0 saturated heterocycles.